The molecule has 0 aliphatic carbocycles. The Kier molecular flexibility index (Phi) is 6.17. The summed E-state index contributed by atoms with van der Waals surface area (Å²) in [6.07, 6.45) is 0. The topological polar surface area (TPSA) is 75.7 Å². The molecule has 0 heterocycles. The summed E-state index contributed by atoms with van der Waals surface area (Å²) in [5, 5.41) is 2.71. The first-order chi connectivity index (χ1) is 11.9. The minimum Gasteiger partial charge on any atom is -0.496 e. The van der Waals surface area contributed by atoms with Crippen LogP contribution in [0.2, 0.25) is 0 Å². The van der Waals surface area contributed by atoms with Gasteiger partial charge in [0.05, 0.1) is 17.6 Å². The van der Waals surface area contributed by atoms with Gasteiger partial charge in [-0.3, -0.25) is 4.79 Å². The van der Waals surface area contributed by atoms with Crippen LogP contribution in [0, 0.1) is 6.92 Å². The zero-order valence-electron chi connectivity index (χ0n) is 14.5. The zero-order chi connectivity index (χ0) is 18.4. The minimum atomic E-state index is -3.57. The lowest BCUT2D eigenvalue weighted by Crippen LogP contribution is -2.36. The molecular weight excluding hydrogens is 340 g/mol. The Bertz CT molecular complexity index is 832. The summed E-state index contributed by atoms with van der Waals surface area (Å²) in [5.41, 5.74) is 1.40. The fraction of sp³-hybridized carbons (Fsp3) is 0.278. The molecule has 0 spiro atoms. The second kappa shape index (κ2) is 8.13. The second-order valence-electron chi connectivity index (χ2n) is 5.60. The third kappa shape index (κ3) is 4.58. The number of para-hydroxylation sites is 1. The van der Waals surface area contributed by atoms with Gasteiger partial charge in [0.2, 0.25) is 10.0 Å². The molecule has 0 aliphatic rings. The summed E-state index contributed by atoms with van der Waals surface area (Å²) < 4.78 is 31.3. The number of rotatable bonds is 7. The molecule has 134 valence electrons. The van der Waals surface area contributed by atoms with Crippen LogP contribution >= 0.6 is 0 Å². The summed E-state index contributed by atoms with van der Waals surface area (Å²) in [6.45, 7) is 2.25. The highest BCUT2D eigenvalue weighted by molar-refractivity contribution is 7.89. The van der Waals surface area contributed by atoms with Crippen LogP contribution in [0.1, 0.15) is 15.9 Å². The number of benzene rings is 2. The van der Waals surface area contributed by atoms with Crippen LogP contribution in [-0.4, -0.2) is 45.9 Å². The van der Waals surface area contributed by atoms with Crippen molar-refractivity contribution in [3.8, 4) is 5.75 Å². The van der Waals surface area contributed by atoms with E-state index >= 15 is 0 Å². The van der Waals surface area contributed by atoms with E-state index < -0.39 is 10.0 Å². The number of hydrogen-bond acceptors (Lipinski definition) is 4. The van der Waals surface area contributed by atoms with Crippen molar-refractivity contribution in [3.63, 3.8) is 0 Å². The predicted octanol–water partition coefficient (Wildman–Crippen LogP) is 2.05. The summed E-state index contributed by atoms with van der Waals surface area (Å²) in [4.78, 5) is 12.4. The number of carbonyl (C=O) groups is 1. The Morgan fingerprint density at radius 2 is 1.76 bits per heavy atom. The minimum absolute atomic E-state index is 0.164. The molecule has 2 rings (SSSR count). The Labute approximate surface area is 148 Å². The van der Waals surface area contributed by atoms with Crippen molar-refractivity contribution in [3.05, 3.63) is 59.7 Å². The van der Waals surface area contributed by atoms with Gasteiger partial charge in [-0.2, -0.15) is 4.31 Å². The summed E-state index contributed by atoms with van der Waals surface area (Å²) in [6, 6.07) is 13.5. The van der Waals surface area contributed by atoms with Gasteiger partial charge in [-0.15, -0.1) is 0 Å². The number of sulfonamides is 1. The molecule has 0 saturated carbocycles. The third-order valence-electron chi connectivity index (χ3n) is 3.79. The van der Waals surface area contributed by atoms with E-state index in [9.17, 15) is 13.2 Å². The largest absolute Gasteiger partial charge is 0.496 e. The Hall–Kier alpha value is -2.38. The number of ether oxygens (including phenoxy) is 1. The zero-order valence-corrected chi connectivity index (χ0v) is 15.3. The van der Waals surface area contributed by atoms with Crippen LogP contribution in [-0.2, 0) is 10.0 Å². The molecule has 2 aromatic carbocycles. The highest BCUT2D eigenvalue weighted by Crippen LogP contribution is 2.17. The van der Waals surface area contributed by atoms with Crippen molar-refractivity contribution in [2.45, 2.75) is 11.8 Å². The normalized spacial score (nSPS) is 11.4. The molecule has 2 aromatic rings. The van der Waals surface area contributed by atoms with Crippen LogP contribution in [0.5, 0.6) is 5.75 Å². The molecule has 1 N–H and O–H groups in total. The van der Waals surface area contributed by atoms with Gasteiger partial charge < -0.3 is 10.1 Å². The lowest BCUT2D eigenvalue weighted by Gasteiger charge is -2.18. The van der Waals surface area contributed by atoms with Gasteiger partial charge in [-0.05, 0) is 31.2 Å². The molecule has 0 unspecified atom stereocenters. The number of amides is 1. The number of likely N-dealkylation sites (N-methyl/N-ethyl adjacent to an activating group) is 1. The fourth-order valence-corrected chi connectivity index (χ4v) is 3.44. The van der Waals surface area contributed by atoms with Crippen LogP contribution in [0.25, 0.3) is 0 Å². The predicted molar refractivity (Wildman–Crippen MR) is 96.3 cm³/mol. The molecule has 0 aromatic heterocycles. The van der Waals surface area contributed by atoms with E-state index in [1.54, 1.807) is 48.5 Å². The highest BCUT2D eigenvalue weighted by atomic mass is 32.2. The first-order valence-corrected chi connectivity index (χ1v) is 9.24. The number of carbonyl (C=O) groups excluding carboxylic acids is 1. The first-order valence-electron chi connectivity index (χ1n) is 7.80. The Balaban J connectivity index is 1.96. The van der Waals surface area contributed by atoms with Crippen molar-refractivity contribution in [2.75, 3.05) is 27.2 Å². The second-order valence-corrected chi connectivity index (χ2v) is 7.64. The smallest absolute Gasteiger partial charge is 0.255 e. The standard InChI is InChI=1S/C18H22N2O4S/c1-14-8-10-15(11-9-14)25(22,23)20(2)13-12-19-18(21)16-6-4-5-7-17(16)24-3/h4-11H,12-13H2,1-3H3,(H,19,21). The molecule has 1 amide bonds. The molecule has 0 atom stereocenters. The van der Waals surface area contributed by atoms with Gasteiger partial charge in [0.15, 0.2) is 0 Å². The molecule has 0 saturated heterocycles. The van der Waals surface area contributed by atoms with E-state index in [-0.39, 0.29) is 23.9 Å². The van der Waals surface area contributed by atoms with Crippen LogP contribution in [0.4, 0.5) is 0 Å². The molecule has 0 fully saturated rings. The maximum Gasteiger partial charge on any atom is 0.255 e. The van der Waals surface area contributed by atoms with Crippen LogP contribution in [0.3, 0.4) is 0 Å². The molecule has 25 heavy (non-hydrogen) atoms. The van der Waals surface area contributed by atoms with E-state index in [4.69, 9.17) is 4.74 Å². The van der Waals surface area contributed by atoms with Crippen LogP contribution in [0.15, 0.2) is 53.4 Å². The Morgan fingerprint density at radius 3 is 2.40 bits per heavy atom. The van der Waals surface area contributed by atoms with Crippen molar-refractivity contribution >= 4 is 15.9 Å². The van der Waals surface area contributed by atoms with E-state index in [1.807, 2.05) is 6.92 Å². The highest BCUT2D eigenvalue weighted by Gasteiger charge is 2.20. The lowest BCUT2D eigenvalue weighted by molar-refractivity contribution is 0.0949. The number of hydrogen-bond donors (Lipinski definition) is 1. The Morgan fingerprint density at radius 1 is 1.12 bits per heavy atom. The van der Waals surface area contributed by atoms with Gasteiger partial charge in [0.25, 0.3) is 5.91 Å². The van der Waals surface area contributed by atoms with E-state index in [1.165, 1.54) is 18.5 Å². The van der Waals surface area contributed by atoms with Crippen molar-refractivity contribution < 1.29 is 17.9 Å². The average molecular weight is 362 g/mol. The van der Waals surface area contributed by atoms with Gasteiger partial charge >= 0.3 is 0 Å². The van der Waals surface area contributed by atoms with Crippen molar-refractivity contribution in [2.24, 2.45) is 0 Å². The van der Waals surface area contributed by atoms with Crippen molar-refractivity contribution in [1.29, 1.82) is 0 Å². The maximum absolute atomic E-state index is 12.5. The maximum atomic E-state index is 12.5. The molecule has 6 nitrogen and oxygen atoms in total. The number of aryl methyl sites for hydroxylation is 1. The van der Waals surface area contributed by atoms with E-state index in [0.717, 1.165) is 5.56 Å². The number of nitrogens with zero attached hydrogens (tertiary/aromatic N) is 1. The monoisotopic (exact) mass is 362 g/mol. The quantitative estimate of drug-likeness (QED) is 0.818. The van der Waals surface area contributed by atoms with Crippen LogP contribution < -0.4 is 10.1 Å². The van der Waals surface area contributed by atoms with Gasteiger partial charge in [0.1, 0.15) is 5.75 Å². The molecule has 0 bridgehead atoms. The molecular formula is C18H22N2O4S. The number of methoxy groups -OCH3 is 1. The average Bonchev–Trinajstić information content (AvgIpc) is 2.61. The number of nitrogens with one attached hydrogen (secondary N) is 1. The first kappa shape index (κ1) is 19.0. The molecule has 7 heteroatoms. The van der Waals surface area contributed by atoms with Crippen molar-refractivity contribution in [1.82, 2.24) is 9.62 Å². The lowest BCUT2D eigenvalue weighted by atomic mass is 10.2. The molecule has 0 radical (unpaired) electrons. The molecule has 0 aliphatic heterocycles. The van der Waals surface area contributed by atoms with Gasteiger partial charge in [-0.25, -0.2) is 8.42 Å². The summed E-state index contributed by atoms with van der Waals surface area (Å²) in [7, 11) is -0.589. The third-order valence-corrected chi connectivity index (χ3v) is 5.66. The van der Waals surface area contributed by atoms with Gasteiger partial charge in [0, 0.05) is 20.1 Å². The van der Waals surface area contributed by atoms with E-state index in [0.29, 0.717) is 11.3 Å². The summed E-state index contributed by atoms with van der Waals surface area (Å²) in [5.74, 6) is 0.166. The SMILES string of the molecule is COc1ccccc1C(=O)NCCN(C)S(=O)(=O)c1ccc(C)cc1. The summed E-state index contributed by atoms with van der Waals surface area (Å²) >= 11 is 0. The van der Waals surface area contributed by atoms with Gasteiger partial charge in [-0.1, -0.05) is 29.8 Å². The van der Waals surface area contributed by atoms with E-state index in [2.05, 4.69) is 5.32 Å². The fourth-order valence-electron chi connectivity index (χ4n) is 2.26.